The Morgan fingerprint density at radius 1 is 0.972 bits per heavy atom. The number of ether oxygens (including phenoxy) is 1. The van der Waals surface area contributed by atoms with E-state index in [4.69, 9.17) is 4.74 Å². The van der Waals surface area contributed by atoms with Gasteiger partial charge >= 0.3 is 6.03 Å². The van der Waals surface area contributed by atoms with Gasteiger partial charge in [-0.3, -0.25) is 15.0 Å². The summed E-state index contributed by atoms with van der Waals surface area (Å²) in [4.78, 5) is 43.9. The Hall–Kier alpha value is -4.50. The number of thiazole rings is 1. The SMILES string of the molecule is Cc1nc(COc2ccc(C(=O)NN3C(=O)NC(c4ccccc4)(c4ccccc4)C3=O)cc2)cs1. The van der Waals surface area contributed by atoms with Crippen LogP contribution in [0, 0.1) is 6.92 Å². The zero-order chi connectivity index (χ0) is 25.1. The maximum Gasteiger partial charge on any atom is 0.344 e. The topological polar surface area (TPSA) is 101 Å². The smallest absolute Gasteiger partial charge is 0.344 e. The van der Waals surface area contributed by atoms with E-state index in [-0.39, 0.29) is 5.56 Å². The first-order valence-corrected chi connectivity index (χ1v) is 12.1. The van der Waals surface area contributed by atoms with Gasteiger partial charge < -0.3 is 10.1 Å². The average Bonchev–Trinajstić information content (AvgIpc) is 3.45. The van der Waals surface area contributed by atoms with Crippen molar-refractivity contribution in [1.82, 2.24) is 20.7 Å². The normalized spacial score (nSPS) is 14.4. The molecule has 36 heavy (non-hydrogen) atoms. The zero-order valence-electron chi connectivity index (χ0n) is 19.3. The monoisotopic (exact) mass is 498 g/mol. The van der Waals surface area contributed by atoms with Gasteiger partial charge in [0, 0.05) is 10.9 Å². The Kier molecular flexibility index (Phi) is 6.22. The number of benzene rings is 3. The second kappa shape index (κ2) is 9.63. The van der Waals surface area contributed by atoms with Crippen LogP contribution in [0.2, 0.25) is 0 Å². The lowest BCUT2D eigenvalue weighted by molar-refractivity contribution is -0.131. The number of carbonyl (C=O) groups excluding carboxylic acids is 3. The number of nitrogens with zero attached hydrogens (tertiary/aromatic N) is 2. The highest BCUT2D eigenvalue weighted by Gasteiger charge is 2.54. The summed E-state index contributed by atoms with van der Waals surface area (Å²) in [6.07, 6.45) is 0. The zero-order valence-corrected chi connectivity index (χ0v) is 20.1. The molecule has 4 aromatic rings. The predicted molar refractivity (Wildman–Crippen MR) is 134 cm³/mol. The lowest BCUT2D eigenvalue weighted by Gasteiger charge is -2.27. The second-order valence-electron chi connectivity index (χ2n) is 8.16. The van der Waals surface area contributed by atoms with Gasteiger partial charge in [-0.05, 0) is 42.3 Å². The Bertz CT molecular complexity index is 1370. The minimum Gasteiger partial charge on any atom is -0.487 e. The van der Waals surface area contributed by atoms with Crippen molar-refractivity contribution in [3.63, 3.8) is 0 Å². The maximum atomic E-state index is 13.7. The van der Waals surface area contributed by atoms with Crippen molar-refractivity contribution in [3.8, 4) is 5.75 Å². The number of hydrogen-bond acceptors (Lipinski definition) is 6. The third-order valence-electron chi connectivity index (χ3n) is 5.82. The van der Waals surface area contributed by atoms with Gasteiger partial charge in [0.15, 0.2) is 5.54 Å². The van der Waals surface area contributed by atoms with E-state index in [1.807, 2.05) is 24.4 Å². The number of carbonyl (C=O) groups is 3. The van der Waals surface area contributed by atoms with Crippen molar-refractivity contribution in [1.29, 1.82) is 0 Å². The highest BCUT2D eigenvalue weighted by molar-refractivity contribution is 7.09. The van der Waals surface area contributed by atoms with Crippen LogP contribution in [0.3, 0.4) is 0 Å². The number of rotatable bonds is 7. The fourth-order valence-corrected chi connectivity index (χ4v) is 4.66. The molecule has 5 rings (SSSR count). The summed E-state index contributed by atoms with van der Waals surface area (Å²) in [6.45, 7) is 2.25. The molecule has 1 aliphatic heterocycles. The first-order chi connectivity index (χ1) is 17.5. The van der Waals surface area contributed by atoms with E-state index in [9.17, 15) is 14.4 Å². The predicted octanol–water partition coefficient (Wildman–Crippen LogP) is 4.17. The van der Waals surface area contributed by atoms with E-state index in [2.05, 4.69) is 15.7 Å². The Morgan fingerprint density at radius 3 is 2.14 bits per heavy atom. The lowest BCUT2D eigenvalue weighted by Crippen LogP contribution is -2.49. The molecule has 0 bridgehead atoms. The van der Waals surface area contributed by atoms with Gasteiger partial charge in [-0.2, -0.15) is 5.01 Å². The molecule has 0 unspecified atom stereocenters. The minimum absolute atomic E-state index is 0.268. The van der Waals surface area contributed by atoms with Crippen LogP contribution in [0.5, 0.6) is 5.75 Å². The Morgan fingerprint density at radius 2 is 1.58 bits per heavy atom. The summed E-state index contributed by atoms with van der Waals surface area (Å²) in [5.41, 5.74) is 3.26. The summed E-state index contributed by atoms with van der Waals surface area (Å²) in [6, 6.07) is 23.6. The molecule has 0 radical (unpaired) electrons. The van der Waals surface area contributed by atoms with Gasteiger partial charge in [0.1, 0.15) is 12.4 Å². The first-order valence-electron chi connectivity index (χ1n) is 11.2. The number of urea groups is 1. The highest BCUT2D eigenvalue weighted by atomic mass is 32.1. The molecule has 1 saturated heterocycles. The minimum atomic E-state index is -1.46. The van der Waals surface area contributed by atoms with E-state index in [0.717, 1.165) is 15.7 Å². The molecule has 0 spiro atoms. The van der Waals surface area contributed by atoms with Crippen LogP contribution in [0.1, 0.15) is 32.2 Å². The Labute approximate surface area is 211 Å². The van der Waals surface area contributed by atoms with E-state index in [1.54, 1.807) is 84.1 Å². The molecular weight excluding hydrogens is 476 g/mol. The van der Waals surface area contributed by atoms with Crippen LogP contribution in [-0.2, 0) is 16.9 Å². The fraction of sp³-hybridized carbons (Fsp3) is 0.111. The molecule has 8 nitrogen and oxygen atoms in total. The molecule has 3 aromatic carbocycles. The van der Waals surface area contributed by atoms with Crippen LogP contribution in [0.25, 0.3) is 0 Å². The van der Waals surface area contributed by atoms with E-state index in [0.29, 0.717) is 23.5 Å². The van der Waals surface area contributed by atoms with Gasteiger partial charge in [0.2, 0.25) is 0 Å². The molecule has 0 aliphatic carbocycles. The summed E-state index contributed by atoms with van der Waals surface area (Å²) in [5, 5.41) is 6.42. The van der Waals surface area contributed by atoms with Crippen molar-refractivity contribution in [2.24, 2.45) is 0 Å². The molecule has 0 saturated carbocycles. The van der Waals surface area contributed by atoms with Gasteiger partial charge in [0.05, 0.1) is 10.7 Å². The summed E-state index contributed by atoms with van der Waals surface area (Å²) < 4.78 is 5.72. The number of imide groups is 1. The molecule has 0 atom stereocenters. The molecule has 180 valence electrons. The van der Waals surface area contributed by atoms with Crippen LogP contribution in [0.15, 0.2) is 90.3 Å². The summed E-state index contributed by atoms with van der Waals surface area (Å²) in [7, 11) is 0. The van der Waals surface area contributed by atoms with Gasteiger partial charge in [0.25, 0.3) is 11.8 Å². The molecule has 1 aliphatic rings. The third kappa shape index (κ3) is 4.32. The standard InChI is InChI=1S/C27H22N4O4S/c1-18-28-22(17-36-18)16-35-23-14-12-19(13-15-23)24(32)30-31-25(33)27(29-26(31)34,20-8-4-2-5-9-20)21-10-6-3-7-11-21/h2-15,17H,16H2,1H3,(H,29,34)(H,30,32). The van der Waals surface area contributed by atoms with Crippen LogP contribution in [-0.4, -0.2) is 27.8 Å². The van der Waals surface area contributed by atoms with Crippen molar-refractivity contribution in [2.75, 3.05) is 0 Å². The molecule has 4 amide bonds. The highest BCUT2D eigenvalue weighted by Crippen LogP contribution is 2.35. The number of nitrogens with one attached hydrogen (secondary N) is 2. The lowest BCUT2D eigenvalue weighted by atomic mass is 9.83. The van der Waals surface area contributed by atoms with Gasteiger partial charge in [-0.1, -0.05) is 60.7 Å². The summed E-state index contributed by atoms with van der Waals surface area (Å²) >= 11 is 1.55. The van der Waals surface area contributed by atoms with E-state index < -0.39 is 23.4 Å². The molecule has 1 aromatic heterocycles. The molecule has 2 N–H and O–H groups in total. The quantitative estimate of drug-likeness (QED) is 0.373. The fourth-order valence-electron chi connectivity index (χ4n) is 4.07. The number of aryl methyl sites for hydroxylation is 1. The molecule has 2 heterocycles. The molecular formula is C27H22N4O4S. The van der Waals surface area contributed by atoms with E-state index >= 15 is 0 Å². The van der Waals surface area contributed by atoms with E-state index in [1.165, 1.54) is 0 Å². The van der Waals surface area contributed by atoms with Crippen molar-refractivity contribution in [2.45, 2.75) is 19.1 Å². The van der Waals surface area contributed by atoms with Gasteiger partial charge in [-0.15, -0.1) is 11.3 Å². The number of aromatic nitrogens is 1. The third-order valence-corrected chi connectivity index (χ3v) is 6.64. The number of amides is 4. The Balaban J connectivity index is 1.34. The van der Waals surface area contributed by atoms with Crippen molar-refractivity contribution in [3.05, 3.63) is 118 Å². The largest absolute Gasteiger partial charge is 0.487 e. The van der Waals surface area contributed by atoms with Crippen LogP contribution >= 0.6 is 11.3 Å². The van der Waals surface area contributed by atoms with Crippen molar-refractivity contribution >= 4 is 29.2 Å². The molecule has 1 fully saturated rings. The first kappa shape index (κ1) is 23.3. The number of hydrazine groups is 1. The number of hydrogen-bond donors (Lipinski definition) is 2. The van der Waals surface area contributed by atoms with Crippen molar-refractivity contribution < 1.29 is 19.1 Å². The average molecular weight is 499 g/mol. The summed E-state index contributed by atoms with van der Waals surface area (Å²) in [5.74, 6) is -0.631. The molecule has 9 heteroatoms. The van der Waals surface area contributed by atoms with Crippen LogP contribution in [0.4, 0.5) is 4.79 Å². The second-order valence-corrected chi connectivity index (χ2v) is 9.23. The van der Waals surface area contributed by atoms with Gasteiger partial charge in [-0.25, -0.2) is 9.78 Å². The maximum absolute atomic E-state index is 13.7. The van der Waals surface area contributed by atoms with Crippen LogP contribution < -0.4 is 15.5 Å².